The van der Waals surface area contributed by atoms with Crippen LogP contribution < -0.4 is 27.2 Å². The molecule has 1 atom stereocenters. The number of fused-ring (bicyclic) bond motifs is 2. The molecule has 2 aromatic rings. The van der Waals surface area contributed by atoms with E-state index in [1.54, 1.807) is 6.92 Å². The van der Waals surface area contributed by atoms with E-state index in [1.807, 2.05) is 5.94 Å². The highest BCUT2D eigenvalue weighted by molar-refractivity contribution is 5.94. The Kier molecular flexibility index (Phi) is 9.58. The summed E-state index contributed by atoms with van der Waals surface area (Å²) in [5, 5.41) is 3.62. The molecule has 1 unspecified atom stereocenters. The van der Waals surface area contributed by atoms with Gasteiger partial charge < -0.3 is 26.1 Å². The van der Waals surface area contributed by atoms with Crippen LogP contribution in [0.15, 0.2) is 65.9 Å². The Balaban J connectivity index is 1.48. The van der Waals surface area contributed by atoms with Crippen molar-refractivity contribution >= 4 is 23.0 Å². The van der Waals surface area contributed by atoms with Gasteiger partial charge in [-0.05, 0) is 57.1 Å². The maximum absolute atomic E-state index is 10.7. The van der Waals surface area contributed by atoms with Gasteiger partial charge in [-0.3, -0.25) is 5.84 Å². The Labute approximate surface area is 220 Å². The Morgan fingerprint density at radius 1 is 1.08 bits per heavy atom. The highest BCUT2D eigenvalue weighted by atomic mass is 16.5. The Hall–Kier alpha value is -3.35. The van der Waals surface area contributed by atoms with Gasteiger partial charge >= 0.3 is 0 Å². The van der Waals surface area contributed by atoms with Crippen molar-refractivity contribution < 1.29 is 9.53 Å². The van der Waals surface area contributed by atoms with Crippen molar-refractivity contribution in [1.29, 1.82) is 0 Å². The van der Waals surface area contributed by atoms with E-state index in [0.717, 1.165) is 54.0 Å². The van der Waals surface area contributed by atoms with Crippen LogP contribution in [-0.2, 0) is 16.1 Å². The van der Waals surface area contributed by atoms with E-state index in [1.165, 1.54) is 30.4 Å². The molecule has 1 fully saturated rings. The first-order valence-corrected chi connectivity index (χ1v) is 13.3. The van der Waals surface area contributed by atoms with Crippen molar-refractivity contribution in [2.24, 2.45) is 11.6 Å². The molecule has 0 radical (unpaired) electrons. The number of unbranched alkanes of at least 4 members (excludes halogenated alkanes) is 1. The van der Waals surface area contributed by atoms with E-state index in [0.29, 0.717) is 25.3 Å². The number of nitrogens with zero attached hydrogens (tertiary/aromatic N) is 1. The number of rotatable bonds is 12. The molecule has 1 saturated carbocycles. The second kappa shape index (κ2) is 13.3. The highest BCUT2D eigenvalue weighted by Gasteiger charge is 2.23. The lowest BCUT2D eigenvalue weighted by molar-refractivity contribution is 0.134. The lowest BCUT2D eigenvalue weighted by Crippen LogP contribution is -2.31. The van der Waals surface area contributed by atoms with Crippen molar-refractivity contribution in [2.75, 3.05) is 24.7 Å². The zero-order chi connectivity index (χ0) is 26.0. The summed E-state index contributed by atoms with van der Waals surface area (Å²) < 4.78 is 5.89. The first-order valence-electron chi connectivity index (χ1n) is 13.3. The number of carbonyl (C=O) groups excluding carboxylic acids is 1. The van der Waals surface area contributed by atoms with Crippen LogP contribution in [-0.4, -0.2) is 31.7 Å². The minimum atomic E-state index is -0.213. The maximum atomic E-state index is 10.7. The first-order chi connectivity index (χ1) is 18.1. The van der Waals surface area contributed by atoms with Crippen LogP contribution in [0.4, 0.5) is 5.69 Å². The quantitative estimate of drug-likeness (QED) is 0.149. The molecule has 2 aromatic carbocycles. The van der Waals surface area contributed by atoms with Crippen LogP contribution in [0, 0.1) is 0 Å². The largest absolute Gasteiger partial charge is 0.380 e. The summed E-state index contributed by atoms with van der Waals surface area (Å²) in [7, 11) is 0. The van der Waals surface area contributed by atoms with Crippen molar-refractivity contribution in [3.63, 3.8) is 0 Å². The van der Waals surface area contributed by atoms with Gasteiger partial charge in [0.1, 0.15) is 5.94 Å². The summed E-state index contributed by atoms with van der Waals surface area (Å²) >= 11 is 0. The lowest BCUT2D eigenvalue weighted by atomic mass is 9.92. The fourth-order valence-corrected chi connectivity index (χ4v) is 4.77. The van der Waals surface area contributed by atoms with Gasteiger partial charge in [0.05, 0.1) is 23.7 Å². The number of nitrogens with two attached hydrogens (primary N) is 2. The summed E-state index contributed by atoms with van der Waals surface area (Å²) in [6.07, 6.45) is 8.53. The van der Waals surface area contributed by atoms with Gasteiger partial charge in [0, 0.05) is 48.6 Å². The minimum absolute atomic E-state index is 0.213. The molecule has 1 heterocycles. The number of ether oxygens (including phenoxy) is 1. The molecule has 7 nitrogen and oxygen atoms in total. The highest BCUT2D eigenvalue weighted by Crippen LogP contribution is 2.37. The van der Waals surface area contributed by atoms with Gasteiger partial charge in [-0.2, -0.15) is 0 Å². The smallest absolute Gasteiger partial charge is 0.124 e. The van der Waals surface area contributed by atoms with Gasteiger partial charge in [-0.25, -0.2) is 4.79 Å². The third-order valence-electron chi connectivity index (χ3n) is 7.16. The zero-order valence-electron chi connectivity index (χ0n) is 21.8. The molecule has 0 spiro atoms. The number of nitrogens with one attached hydrogen (secondary N) is 2. The summed E-state index contributed by atoms with van der Waals surface area (Å²) in [6.45, 7) is 4.38. The molecular weight excluding hydrogens is 462 g/mol. The molecule has 0 aromatic heterocycles. The Morgan fingerprint density at radius 3 is 2.57 bits per heavy atom. The van der Waals surface area contributed by atoms with Crippen molar-refractivity contribution in [3.8, 4) is 0 Å². The number of anilines is 1. The van der Waals surface area contributed by atoms with Crippen LogP contribution in [0.3, 0.4) is 0 Å². The molecule has 37 heavy (non-hydrogen) atoms. The molecule has 2 aliphatic rings. The fraction of sp³-hybridized carbons (Fsp3) is 0.400. The van der Waals surface area contributed by atoms with Gasteiger partial charge in [0.2, 0.25) is 0 Å². The molecular formula is C30H39N5O2. The predicted molar refractivity (Wildman–Crippen MR) is 151 cm³/mol. The molecule has 7 heteroatoms. The van der Waals surface area contributed by atoms with Crippen LogP contribution in [0.5, 0.6) is 0 Å². The zero-order valence-corrected chi connectivity index (χ0v) is 21.8. The summed E-state index contributed by atoms with van der Waals surface area (Å²) in [6, 6.07) is 16.7. The van der Waals surface area contributed by atoms with Crippen LogP contribution in [0.2, 0.25) is 0 Å². The average molecular weight is 502 g/mol. The van der Waals surface area contributed by atoms with Crippen LogP contribution >= 0.6 is 0 Å². The number of para-hydroxylation sites is 1. The normalized spacial score (nSPS) is 17.4. The molecule has 4 rings (SSSR count). The number of hydrogen-bond acceptors (Lipinski definition) is 7. The molecule has 0 bridgehead atoms. The molecule has 0 saturated heterocycles. The predicted octanol–water partition coefficient (Wildman–Crippen LogP) is 4.25. The standard InChI is InChI=1S/C30H39N5O2/c1-22(21-36)27(31)14-6-7-17-37-18-16-33-29-26-13-4-5-15-28(26)35(19-23-9-8-10-23)20-24-11-2-3-12-25(24)30(29)34-32/h2-5,11-13,15,19,27,33-34H,6-10,14,16-18,20,31-32H2,1H3/b30-29-. The molecule has 6 N–H and O–H groups in total. The number of allylic oxidation sites excluding steroid dienone is 1. The molecule has 1 aliphatic carbocycles. The van der Waals surface area contributed by atoms with Crippen LogP contribution in [0.1, 0.15) is 62.1 Å². The van der Waals surface area contributed by atoms with E-state index < -0.39 is 0 Å². The minimum Gasteiger partial charge on any atom is -0.380 e. The maximum Gasteiger partial charge on any atom is 0.124 e. The third kappa shape index (κ3) is 6.70. The molecule has 0 amide bonds. The SMILES string of the molecule is CC(=C=O)C(N)CCCCOCCN/C1=C(\NN)c2ccccc2CN(C=C2CCC2)c2ccccc21. The van der Waals surface area contributed by atoms with Gasteiger partial charge in [0.25, 0.3) is 0 Å². The van der Waals surface area contributed by atoms with Gasteiger partial charge in [0.15, 0.2) is 0 Å². The third-order valence-corrected chi connectivity index (χ3v) is 7.16. The van der Waals surface area contributed by atoms with Gasteiger partial charge in [-0.15, -0.1) is 0 Å². The number of hydrogen-bond donors (Lipinski definition) is 4. The number of benzene rings is 2. The second-order valence-electron chi connectivity index (χ2n) is 9.76. The van der Waals surface area contributed by atoms with E-state index in [4.69, 9.17) is 16.3 Å². The summed E-state index contributed by atoms with van der Waals surface area (Å²) in [5.74, 6) is 8.02. The Bertz CT molecular complexity index is 1180. The average Bonchev–Trinajstić information content (AvgIpc) is 2.90. The molecule has 196 valence electrons. The van der Waals surface area contributed by atoms with E-state index in [9.17, 15) is 4.79 Å². The van der Waals surface area contributed by atoms with Crippen LogP contribution in [0.25, 0.3) is 11.4 Å². The molecule has 1 aliphatic heterocycles. The van der Waals surface area contributed by atoms with E-state index >= 15 is 0 Å². The summed E-state index contributed by atoms with van der Waals surface area (Å²) in [4.78, 5) is 13.1. The number of hydrazine groups is 1. The fourth-order valence-electron chi connectivity index (χ4n) is 4.77. The summed E-state index contributed by atoms with van der Waals surface area (Å²) in [5.41, 5.74) is 17.4. The van der Waals surface area contributed by atoms with Crippen molar-refractivity contribution in [3.05, 3.63) is 82.6 Å². The van der Waals surface area contributed by atoms with Crippen molar-refractivity contribution in [1.82, 2.24) is 10.7 Å². The second-order valence-corrected chi connectivity index (χ2v) is 9.76. The van der Waals surface area contributed by atoms with Crippen molar-refractivity contribution in [2.45, 2.75) is 58.0 Å². The monoisotopic (exact) mass is 501 g/mol. The van der Waals surface area contributed by atoms with E-state index in [2.05, 4.69) is 70.4 Å². The Morgan fingerprint density at radius 2 is 1.84 bits per heavy atom. The van der Waals surface area contributed by atoms with E-state index in [-0.39, 0.29) is 6.04 Å². The van der Waals surface area contributed by atoms with Gasteiger partial charge in [-0.1, -0.05) is 48.0 Å². The lowest BCUT2D eigenvalue weighted by Gasteiger charge is -2.32. The topological polar surface area (TPSA) is 106 Å². The first kappa shape index (κ1) is 26.7.